The molecule has 6 rings (SSSR count). The summed E-state index contributed by atoms with van der Waals surface area (Å²) in [5, 5.41) is 18.8. The number of carboxylic acid groups (broad SMARTS) is 1. The summed E-state index contributed by atoms with van der Waals surface area (Å²) >= 11 is 0. The van der Waals surface area contributed by atoms with E-state index in [1.807, 2.05) is 0 Å². The van der Waals surface area contributed by atoms with Crippen LogP contribution in [0, 0.1) is 41.1 Å². The molecule has 8 nitrogen and oxygen atoms in total. The van der Waals surface area contributed by atoms with Crippen LogP contribution in [-0.2, 0) is 19.6 Å². The maximum Gasteiger partial charge on any atom is 0.335 e. The van der Waals surface area contributed by atoms with Crippen LogP contribution in [0.2, 0.25) is 0 Å². The number of hydrogen-bond acceptors (Lipinski definition) is 6. The Morgan fingerprint density at radius 1 is 1.05 bits per heavy atom. The van der Waals surface area contributed by atoms with E-state index in [9.17, 15) is 23.9 Å². The molecule has 1 aliphatic carbocycles. The number of nitriles is 1. The van der Waals surface area contributed by atoms with E-state index in [0.29, 0.717) is 35.4 Å². The van der Waals surface area contributed by atoms with Gasteiger partial charge in [0.15, 0.2) is 5.82 Å². The van der Waals surface area contributed by atoms with Crippen LogP contribution in [0.15, 0.2) is 60.8 Å². The number of aromatic nitrogens is 4. The SMILES string of the molecule is Cc1ccc(COc2nccc(-c3ccc(Cc4nc5c(F)cc(C(=O)O)cc5n4CC4(CC#N)CC4)cc3F)n2)c(F)c1. The number of ether oxygens (including phenoxy) is 1. The molecule has 0 atom stereocenters. The van der Waals surface area contributed by atoms with Crippen molar-refractivity contribution in [3.05, 3.63) is 106 Å². The second-order valence-electron chi connectivity index (χ2n) is 11.2. The van der Waals surface area contributed by atoms with Crippen molar-refractivity contribution < 1.29 is 27.8 Å². The van der Waals surface area contributed by atoms with Gasteiger partial charge in [-0.2, -0.15) is 10.2 Å². The summed E-state index contributed by atoms with van der Waals surface area (Å²) in [5.41, 5.74) is 1.97. The summed E-state index contributed by atoms with van der Waals surface area (Å²) < 4.78 is 51.9. The van der Waals surface area contributed by atoms with Gasteiger partial charge in [0.2, 0.25) is 0 Å². The van der Waals surface area contributed by atoms with Crippen LogP contribution in [0.3, 0.4) is 0 Å². The number of halogens is 3. The minimum Gasteiger partial charge on any atom is -0.478 e. The lowest BCUT2D eigenvalue weighted by atomic mass is 10.0. The van der Waals surface area contributed by atoms with Crippen LogP contribution < -0.4 is 4.74 Å². The van der Waals surface area contributed by atoms with E-state index in [0.717, 1.165) is 24.5 Å². The van der Waals surface area contributed by atoms with Crippen molar-refractivity contribution in [1.82, 2.24) is 19.5 Å². The summed E-state index contributed by atoms with van der Waals surface area (Å²) in [6.45, 7) is 2.06. The van der Waals surface area contributed by atoms with Gasteiger partial charge in [-0.1, -0.05) is 18.2 Å². The number of carbonyl (C=O) groups is 1. The lowest BCUT2D eigenvalue weighted by Gasteiger charge is -2.16. The van der Waals surface area contributed by atoms with Crippen molar-refractivity contribution in [3.8, 4) is 23.3 Å². The average molecular weight is 598 g/mol. The van der Waals surface area contributed by atoms with Crippen molar-refractivity contribution in [3.63, 3.8) is 0 Å². The molecule has 11 heteroatoms. The lowest BCUT2D eigenvalue weighted by molar-refractivity contribution is 0.0696. The molecule has 0 amide bonds. The Balaban J connectivity index is 1.27. The second kappa shape index (κ2) is 11.4. The molecule has 0 bridgehead atoms. The first-order chi connectivity index (χ1) is 21.1. The molecule has 44 heavy (non-hydrogen) atoms. The normalized spacial score (nSPS) is 13.5. The van der Waals surface area contributed by atoms with Gasteiger partial charge in [-0.15, -0.1) is 0 Å². The molecular weight excluding hydrogens is 571 g/mol. The van der Waals surface area contributed by atoms with Crippen LogP contribution in [0.5, 0.6) is 6.01 Å². The van der Waals surface area contributed by atoms with Gasteiger partial charge in [0.25, 0.3) is 0 Å². The Labute approximate surface area is 250 Å². The van der Waals surface area contributed by atoms with Crippen LogP contribution in [-0.4, -0.2) is 30.6 Å². The maximum atomic E-state index is 15.5. The Bertz CT molecular complexity index is 1960. The fourth-order valence-electron chi connectivity index (χ4n) is 5.27. The predicted molar refractivity (Wildman–Crippen MR) is 154 cm³/mol. The van der Waals surface area contributed by atoms with Crippen LogP contribution in [0.4, 0.5) is 13.2 Å². The highest BCUT2D eigenvalue weighted by Crippen LogP contribution is 2.50. The Kier molecular flexibility index (Phi) is 7.51. The molecule has 3 aromatic carbocycles. The van der Waals surface area contributed by atoms with Crippen LogP contribution in [0.1, 0.15) is 52.1 Å². The smallest absolute Gasteiger partial charge is 0.335 e. The molecule has 0 saturated heterocycles. The molecule has 0 aliphatic heterocycles. The number of imidazole rings is 1. The van der Waals surface area contributed by atoms with Gasteiger partial charge in [0.05, 0.1) is 22.8 Å². The van der Waals surface area contributed by atoms with Crippen molar-refractivity contribution >= 4 is 17.0 Å². The van der Waals surface area contributed by atoms with Crippen LogP contribution >= 0.6 is 0 Å². The van der Waals surface area contributed by atoms with E-state index in [1.165, 1.54) is 30.5 Å². The Hall–Kier alpha value is -5.24. The second-order valence-corrected chi connectivity index (χ2v) is 11.2. The van der Waals surface area contributed by atoms with Gasteiger partial charge in [0.1, 0.15) is 29.6 Å². The third kappa shape index (κ3) is 5.83. The zero-order valence-electron chi connectivity index (χ0n) is 23.6. The molecule has 2 heterocycles. The zero-order chi connectivity index (χ0) is 31.0. The fourth-order valence-corrected chi connectivity index (χ4v) is 5.27. The van der Waals surface area contributed by atoms with Gasteiger partial charge < -0.3 is 14.4 Å². The van der Waals surface area contributed by atoms with Gasteiger partial charge in [-0.3, -0.25) is 0 Å². The van der Waals surface area contributed by atoms with Gasteiger partial charge in [0, 0.05) is 42.1 Å². The minimum atomic E-state index is -1.27. The summed E-state index contributed by atoms with van der Waals surface area (Å²) in [7, 11) is 0. The molecule has 0 unspecified atom stereocenters. The number of aromatic carboxylic acids is 1. The minimum absolute atomic E-state index is 0.0221. The largest absolute Gasteiger partial charge is 0.478 e. The van der Waals surface area contributed by atoms with E-state index < -0.39 is 23.4 Å². The van der Waals surface area contributed by atoms with E-state index in [1.54, 1.807) is 35.8 Å². The van der Waals surface area contributed by atoms with Crippen molar-refractivity contribution in [1.29, 1.82) is 5.26 Å². The number of carboxylic acids is 1. The molecule has 5 aromatic rings. The number of fused-ring (bicyclic) bond motifs is 1. The van der Waals surface area contributed by atoms with Gasteiger partial charge in [-0.05, 0) is 67.3 Å². The molecule has 1 saturated carbocycles. The van der Waals surface area contributed by atoms with Crippen LogP contribution in [0.25, 0.3) is 22.3 Å². The topological polar surface area (TPSA) is 114 Å². The Morgan fingerprint density at radius 2 is 1.86 bits per heavy atom. The predicted octanol–water partition coefficient (Wildman–Crippen LogP) is 6.78. The van der Waals surface area contributed by atoms with E-state index in [2.05, 4.69) is 21.0 Å². The molecule has 0 spiro atoms. The highest BCUT2D eigenvalue weighted by molar-refractivity contribution is 5.92. The quantitative estimate of drug-likeness (QED) is 0.189. The molecule has 2 aromatic heterocycles. The highest BCUT2D eigenvalue weighted by Gasteiger charge is 2.43. The number of aryl methyl sites for hydroxylation is 1. The summed E-state index contributed by atoms with van der Waals surface area (Å²) in [6, 6.07) is 15.4. The van der Waals surface area contributed by atoms with E-state index in [-0.39, 0.29) is 46.8 Å². The first-order valence-corrected chi connectivity index (χ1v) is 13.9. The number of nitrogens with zero attached hydrogens (tertiary/aromatic N) is 5. The lowest BCUT2D eigenvalue weighted by Crippen LogP contribution is -2.14. The van der Waals surface area contributed by atoms with Crippen molar-refractivity contribution in [2.24, 2.45) is 5.41 Å². The molecule has 1 aliphatic rings. The van der Waals surface area contributed by atoms with E-state index in [4.69, 9.17) is 4.74 Å². The number of rotatable bonds is 10. The van der Waals surface area contributed by atoms with Gasteiger partial charge >= 0.3 is 12.0 Å². The number of benzene rings is 3. The van der Waals surface area contributed by atoms with E-state index >= 15 is 4.39 Å². The monoisotopic (exact) mass is 597 g/mol. The molecule has 0 radical (unpaired) electrons. The average Bonchev–Trinajstić information content (AvgIpc) is 3.66. The molecular formula is C33H26F3N5O3. The third-order valence-corrected chi connectivity index (χ3v) is 7.91. The van der Waals surface area contributed by atoms with Crippen molar-refractivity contribution in [2.45, 2.75) is 45.8 Å². The first kappa shape index (κ1) is 28.9. The summed E-state index contributed by atoms with van der Waals surface area (Å²) in [6.07, 6.45) is 3.49. The standard InChI is InChI=1S/C33H26F3N5O3/c1-19-2-4-21(24(34)12-19)17-44-32-38-11-6-27(39-32)23-5-3-20(13-25(23)35)14-29-40-30-26(36)15-22(31(42)43)16-28(30)41(29)18-33(7-8-33)9-10-37/h2-6,11-13,15-16H,7-9,14,17-18H2,1H3,(H,42,43). The summed E-state index contributed by atoms with van der Waals surface area (Å²) in [5.74, 6) is -2.57. The molecule has 1 fully saturated rings. The maximum absolute atomic E-state index is 15.5. The third-order valence-electron chi connectivity index (χ3n) is 7.91. The number of hydrogen-bond donors (Lipinski definition) is 1. The van der Waals surface area contributed by atoms with Gasteiger partial charge in [-0.25, -0.2) is 27.9 Å². The highest BCUT2D eigenvalue weighted by atomic mass is 19.1. The molecule has 1 N–H and O–H groups in total. The fraction of sp³-hybridized carbons (Fsp3) is 0.242. The van der Waals surface area contributed by atoms with Crippen molar-refractivity contribution in [2.75, 3.05) is 0 Å². The first-order valence-electron chi connectivity index (χ1n) is 13.9. The molecule has 222 valence electrons. The zero-order valence-corrected chi connectivity index (χ0v) is 23.6. The summed E-state index contributed by atoms with van der Waals surface area (Å²) in [4.78, 5) is 24.5. The Morgan fingerprint density at radius 3 is 2.57 bits per heavy atom.